The summed E-state index contributed by atoms with van der Waals surface area (Å²) in [5, 5.41) is 10.8. The molecule has 1 fully saturated rings. The summed E-state index contributed by atoms with van der Waals surface area (Å²) < 4.78 is 5.22. The fraction of sp³-hybridized carbons (Fsp3) is 0.235. The molecule has 4 rings (SSSR count). The third-order valence-corrected chi connectivity index (χ3v) is 4.51. The van der Waals surface area contributed by atoms with E-state index in [4.69, 9.17) is 4.74 Å². The Labute approximate surface area is 132 Å². The predicted octanol–water partition coefficient (Wildman–Crippen LogP) is 3.06. The number of ether oxygens (including phenoxy) is 1. The maximum Gasteiger partial charge on any atom is 0.411 e. The van der Waals surface area contributed by atoms with Crippen molar-refractivity contribution in [3.05, 3.63) is 75.3 Å². The predicted molar refractivity (Wildman–Crippen MR) is 82.1 cm³/mol. The van der Waals surface area contributed by atoms with E-state index >= 15 is 0 Å². The zero-order valence-corrected chi connectivity index (χ0v) is 12.2. The smallest absolute Gasteiger partial charge is 0.411 e. The van der Waals surface area contributed by atoms with Gasteiger partial charge in [-0.3, -0.25) is 15.0 Å². The summed E-state index contributed by atoms with van der Waals surface area (Å²) in [4.78, 5) is 24.3. The minimum atomic E-state index is -0.425. The number of nitro groups is 1. The number of nitrogens with zero attached hydrogens (tertiary/aromatic N) is 2. The van der Waals surface area contributed by atoms with Crippen molar-refractivity contribution in [1.82, 2.24) is 4.90 Å². The molecule has 6 nitrogen and oxygen atoms in total. The van der Waals surface area contributed by atoms with E-state index in [0.29, 0.717) is 6.61 Å². The lowest BCUT2D eigenvalue weighted by molar-refractivity contribution is -0.384. The van der Waals surface area contributed by atoms with Gasteiger partial charge in [0, 0.05) is 12.1 Å². The molecule has 6 heteroatoms. The van der Waals surface area contributed by atoms with Gasteiger partial charge in [0.2, 0.25) is 0 Å². The first-order valence-electron chi connectivity index (χ1n) is 7.42. The van der Waals surface area contributed by atoms with Gasteiger partial charge in [0.05, 0.1) is 17.0 Å². The van der Waals surface area contributed by atoms with Gasteiger partial charge in [-0.25, -0.2) is 4.79 Å². The Morgan fingerprint density at radius 1 is 1.13 bits per heavy atom. The second-order valence-corrected chi connectivity index (χ2v) is 5.79. The maximum atomic E-state index is 12.2. The molecular formula is C17H14N2O4. The number of cyclic esters (lactones) is 1. The van der Waals surface area contributed by atoms with E-state index in [1.165, 1.54) is 17.7 Å². The third kappa shape index (κ3) is 2.14. The van der Waals surface area contributed by atoms with E-state index in [1.54, 1.807) is 17.0 Å². The Morgan fingerprint density at radius 3 is 2.61 bits per heavy atom. The van der Waals surface area contributed by atoms with Crippen LogP contribution in [0.3, 0.4) is 0 Å². The molecule has 1 saturated heterocycles. The molecule has 2 aliphatic heterocycles. The summed E-state index contributed by atoms with van der Waals surface area (Å²) >= 11 is 0. The van der Waals surface area contributed by atoms with Crippen LogP contribution in [0.15, 0.2) is 48.5 Å². The molecule has 0 aromatic heterocycles. The Balaban J connectivity index is 1.83. The average Bonchev–Trinajstić information content (AvgIpc) is 2.94. The van der Waals surface area contributed by atoms with Crippen LogP contribution in [0, 0.1) is 10.1 Å². The van der Waals surface area contributed by atoms with Gasteiger partial charge in [-0.1, -0.05) is 24.3 Å². The van der Waals surface area contributed by atoms with Crippen molar-refractivity contribution in [3.8, 4) is 0 Å². The number of hydrogen-bond donors (Lipinski definition) is 0. The second kappa shape index (κ2) is 5.08. The van der Waals surface area contributed by atoms with E-state index in [9.17, 15) is 14.9 Å². The molecule has 0 saturated carbocycles. The van der Waals surface area contributed by atoms with Crippen LogP contribution in [-0.2, 0) is 11.2 Å². The zero-order chi connectivity index (χ0) is 16.0. The molecular weight excluding hydrogens is 296 g/mol. The van der Waals surface area contributed by atoms with Crippen molar-refractivity contribution in [2.45, 2.75) is 18.5 Å². The number of amides is 1. The van der Waals surface area contributed by atoms with Crippen LogP contribution in [0.2, 0.25) is 0 Å². The normalized spacial score (nSPS) is 22.3. The van der Waals surface area contributed by atoms with Crippen molar-refractivity contribution in [2.24, 2.45) is 0 Å². The number of nitro benzene ring substituents is 1. The summed E-state index contributed by atoms with van der Waals surface area (Å²) in [6.45, 7) is 0.386. The Morgan fingerprint density at radius 2 is 1.87 bits per heavy atom. The summed E-state index contributed by atoms with van der Waals surface area (Å²) in [6.07, 6.45) is 0.443. The molecule has 0 aliphatic carbocycles. The van der Waals surface area contributed by atoms with Crippen LogP contribution < -0.4 is 0 Å². The molecule has 116 valence electrons. The molecule has 0 N–H and O–H groups in total. The number of carbonyl (C=O) groups excluding carboxylic acids is 1. The third-order valence-electron chi connectivity index (χ3n) is 4.51. The maximum absolute atomic E-state index is 12.2. The Hall–Kier alpha value is -2.89. The van der Waals surface area contributed by atoms with Crippen LogP contribution in [0.1, 0.15) is 22.7 Å². The number of non-ortho nitro benzene ring substituents is 1. The van der Waals surface area contributed by atoms with Crippen molar-refractivity contribution in [1.29, 1.82) is 0 Å². The number of rotatable bonds is 2. The topological polar surface area (TPSA) is 72.7 Å². The zero-order valence-electron chi connectivity index (χ0n) is 12.2. The lowest BCUT2D eigenvalue weighted by Crippen LogP contribution is -2.42. The van der Waals surface area contributed by atoms with Crippen LogP contribution >= 0.6 is 0 Å². The molecule has 2 unspecified atom stereocenters. The highest BCUT2D eigenvalue weighted by Gasteiger charge is 2.43. The molecule has 0 bridgehead atoms. The molecule has 23 heavy (non-hydrogen) atoms. The fourth-order valence-corrected chi connectivity index (χ4v) is 3.45. The summed E-state index contributed by atoms with van der Waals surface area (Å²) in [7, 11) is 0. The number of benzene rings is 2. The molecule has 2 aromatic carbocycles. The monoisotopic (exact) mass is 310 g/mol. The second-order valence-electron chi connectivity index (χ2n) is 5.79. The summed E-state index contributed by atoms with van der Waals surface area (Å²) in [5.74, 6) is 0. The van der Waals surface area contributed by atoms with Crippen molar-refractivity contribution < 1.29 is 14.5 Å². The SMILES string of the molecule is O=C1OCC2Cc3ccccc3C(c3ccc([N+](=O)[O-])cc3)N12. The molecule has 2 aliphatic rings. The van der Waals surface area contributed by atoms with Gasteiger partial charge in [-0.2, -0.15) is 0 Å². The highest BCUT2D eigenvalue weighted by atomic mass is 16.6. The van der Waals surface area contributed by atoms with Gasteiger partial charge in [0.25, 0.3) is 5.69 Å². The van der Waals surface area contributed by atoms with Crippen LogP contribution in [0.25, 0.3) is 0 Å². The first-order valence-corrected chi connectivity index (χ1v) is 7.42. The molecule has 2 heterocycles. The molecule has 2 atom stereocenters. The van der Waals surface area contributed by atoms with Crippen LogP contribution in [-0.4, -0.2) is 28.6 Å². The van der Waals surface area contributed by atoms with Crippen LogP contribution in [0.5, 0.6) is 0 Å². The van der Waals surface area contributed by atoms with E-state index in [1.807, 2.05) is 18.2 Å². The Bertz CT molecular complexity index is 787. The van der Waals surface area contributed by atoms with Gasteiger partial charge in [-0.15, -0.1) is 0 Å². The quantitative estimate of drug-likeness (QED) is 0.631. The van der Waals surface area contributed by atoms with Gasteiger partial charge in [0.1, 0.15) is 6.61 Å². The molecule has 1 amide bonds. The fourth-order valence-electron chi connectivity index (χ4n) is 3.45. The molecule has 0 radical (unpaired) electrons. The first-order chi connectivity index (χ1) is 11.1. The van der Waals surface area contributed by atoms with Crippen molar-refractivity contribution in [2.75, 3.05) is 6.61 Å². The van der Waals surface area contributed by atoms with Gasteiger partial charge in [0.15, 0.2) is 0 Å². The van der Waals surface area contributed by atoms with E-state index < -0.39 is 4.92 Å². The highest BCUT2D eigenvalue weighted by molar-refractivity contribution is 5.72. The van der Waals surface area contributed by atoms with Crippen molar-refractivity contribution in [3.63, 3.8) is 0 Å². The molecule has 2 aromatic rings. The summed E-state index contributed by atoms with van der Waals surface area (Å²) in [6, 6.07) is 14.1. The summed E-state index contributed by atoms with van der Waals surface area (Å²) in [5.41, 5.74) is 3.14. The van der Waals surface area contributed by atoms with Gasteiger partial charge in [-0.05, 0) is 35.2 Å². The van der Waals surface area contributed by atoms with Crippen LogP contribution in [0.4, 0.5) is 10.5 Å². The minimum Gasteiger partial charge on any atom is -0.447 e. The lowest BCUT2D eigenvalue weighted by atomic mass is 9.85. The number of fused-ring (bicyclic) bond motifs is 2. The van der Waals surface area contributed by atoms with E-state index in [2.05, 4.69) is 6.07 Å². The highest BCUT2D eigenvalue weighted by Crippen LogP contribution is 2.40. The van der Waals surface area contributed by atoms with Gasteiger partial charge >= 0.3 is 6.09 Å². The van der Waals surface area contributed by atoms with Crippen molar-refractivity contribution >= 4 is 11.8 Å². The molecule has 0 spiro atoms. The standard InChI is InChI=1S/C17H14N2O4/c20-17-18-14(10-23-17)9-12-3-1-2-4-15(12)16(18)11-5-7-13(8-6-11)19(21)22/h1-8,14,16H,9-10H2. The largest absolute Gasteiger partial charge is 0.447 e. The number of carbonyl (C=O) groups is 1. The van der Waals surface area contributed by atoms with E-state index in [0.717, 1.165) is 17.5 Å². The minimum absolute atomic E-state index is 0.0117. The lowest BCUT2D eigenvalue weighted by Gasteiger charge is -2.37. The number of hydrogen-bond acceptors (Lipinski definition) is 4. The Kier molecular flexibility index (Phi) is 3.04. The first kappa shape index (κ1) is 13.8. The average molecular weight is 310 g/mol. The van der Waals surface area contributed by atoms with Gasteiger partial charge < -0.3 is 4.74 Å². The van der Waals surface area contributed by atoms with E-state index in [-0.39, 0.29) is 23.9 Å².